The lowest BCUT2D eigenvalue weighted by Gasteiger charge is -1.93. The lowest BCUT2D eigenvalue weighted by molar-refractivity contribution is 0.620. The Bertz CT molecular complexity index is 399. The highest BCUT2D eigenvalue weighted by molar-refractivity contribution is 9.11. The Balaban J connectivity index is 2.83. The van der Waals surface area contributed by atoms with Crippen molar-refractivity contribution < 1.29 is 4.39 Å². The maximum absolute atomic E-state index is 13.0. The number of halogens is 2. The maximum Gasteiger partial charge on any atom is 0.160 e. The zero-order valence-corrected chi connectivity index (χ0v) is 8.67. The topological polar surface area (TPSA) is 12.9 Å². The summed E-state index contributed by atoms with van der Waals surface area (Å²) in [6.07, 6.45) is 0. The van der Waals surface area contributed by atoms with E-state index in [2.05, 4.69) is 20.9 Å². The molecule has 2 aromatic rings. The van der Waals surface area contributed by atoms with Gasteiger partial charge >= 0.3 is 0 Å². The van der Waals surface area contributed by atoms with E-state index in [1.54, 1.807) is 13.0 Å². The Morgan fingerprint density at radius 2 is 2.25 bits per heavy atom. The summed E-state index contributed by atoms with van der Waals surface area (Å²) in [5, 5.41) is 0. The molecule has 4 heteroatoms. The van der Waals surface area contributed by atoms with Crippen molar-refractivity contribution in [2.24, 2.45) is 0 Å². The lowest BCUT2D eigenvalue weighted by atomic mass is 10.2. The maximum atomic E-state index is 13.0. The van der Waals surface area contributed by atoms with E-state index >= 15 is 0 Å². The van der Waals surface area contributed by atoms with Crippen molar-refractivity contribution in [3.8, 4) is 0 Å². The molecule has 0 aliphatic carbocycles. The van der Waals surface area contributed by atoms with E-state index in [0.717, 1.165) is 14.1 Å². The fourth-order valence-corrected chi connectivity index (χ4v) is 2.44. The van der Waals surface area contributed by atoms with Crippen molar-refractivity contribution in [3.05, 3.63) is 27.4 Å². The van der Waals surface area contributed by atoms with Crippen molar-refractivity contribution in [2.45, 2.75) is 6.92 Å². The van der Waals surface area contributed by atoms with Gasteiger partial charge in [-0.2, -0.15) is 0 Å². The predicted octanol–water partition coefficient (Wildman–Crippen LogP) is 3.51. The molecule has 0 unspecified atom stereocenters. The molecule has 0 saturated heterocycles. The molecule has 2 rings (SSSR count). The second kappa shape index (κ2) is 2.78. The molecule has 0 N–H and O–H groups in total. The first-order valence-corrected chi connectivity index (χ1v) is 5.00. The van der Waals surface area contributed by atoms with Crippen LogP contribution in [0.3, 0.4) is 0 Å². The quantitative estimate of drug-likeness (QED) is 0.693. The molecule has 1 aromatic heterocycles. The number of fused-ring (bicyclic) bond motifs is 1. The second-order valence-electron chi connectivity index (χ2n) is 2.54. The smallest absolute Gasteiger partial charge is 0.160 e. The Morgan fingerprint density at radius 3 is 3.00 bits per heavy atom. The number of nitrogens with zero attached hydrogens (tertiary/aromatic N) is 1. The summed E-state index contributed by atoms with van der Waals surface area (Å²) in [4.78, 5) is 4.18. The van der Waals surface area contributed by atoms with Gasteiger partial charge < -0.3 is 0 Å². The zero-order chi connectivity index (χ0) is 8.72. The van der Waals surface area contributed by atoms with Crippen molar-refractivity contribution in [3.63, 3.8) is 0 Å². The van der Waals surface area contributed by atoms with Crippen molar-refractivity contribution in [1.29, 1.82) is 0 Å². The van der Waals surface area contributed by atoms with Crippen LogP contribution in [0.2, 0.25) is 0 Å². The average Bonchev–Trinajstić information content (AvgIpc) is 2.30. The molecule has 0 amide bonds. The minimum atomic E-state index is -0.168. The number of thiazole rings is 1. The van der Waals surface area contributed by atoms with Crippen molar-refractivity contribution in [1.82, 2.24) is 4.98 Å². The Kier molecular flexibility index (Phi) is 1.88. The number of hydrogen-bond acceptors (Lipinski definition) is 2. The molecular weight excluding hydrogens is 241 g/mol. The first-order valence-electron chi connectivity index (χ1n) is 3.39. The molecule has 1 aromatic carbocycles. The average molecular weight is 246 g/mol. The van der Waals surface area contributed by atoms with Gasteiger partial charge in [0.1, 0.15) is 5.82 Å². The van der Waals surface area contributed by atoms with Gasteiger partial charge in [-0.05, 0) is 40.5 Å². The molecule has 0 spiro atoms. The molecule has 62 valence electrons. The molecule has 1 nitrogen and oxygen atoms in total. The molecule has 0 radical (unpaired) electrons. The van der Waals surface area contributed by atoms with E-state index in [1.807, 2.05) is 0 Å². The van der Waals surface area contributed by atoms with Gasteiger partial charge in [-0.25, -0.2) is 9.37 Å². The van der Waals surface area contributed by atoms with Gasteiger partial charge in [0.05, 0.1) is 10.2 Å². The lowest BCUT2D eigenvalue weighted by Crippen LogP contribution is -1.80. The van der Waals surface area contributed by atoms with Gasteiger partial charge in [0.25, 0.3) is 0 Å². The van der Waals surface area contributed by atoms with Gasteiger partial charge in [-0.3, -0.25) is 0 Å². The van der Waals surface area contributed by atoms with Gasteiger partial charge in [0, 0.05) is 0 Å². The van der Waals surface area contributed by atoms with Crippen LogP contribution in [0.5, 0.6) is 0 Å². The number of hydrogen-bond donors (Lipinski definition) is 0. The normalized spacial score (nSPS) is 10.9. The predicted molar refractivity (Wildman–Crippen MR) is 52.0 cm³/mol. The molecule has 0 bridgehead atoms. The summed E-state index contributed by atoms with van der Waals surface area (Å²) in [7, 11) is 0. The van der Waals surface area contributed by atoms with Crippen LogP contribution in [0.4, 0.5) is 4.39 Å². The molecule has 12 heavy (non-hydrogen) atoms. The van der Waals surface area contributed by atoms with E-state index in [9.17, 15) is 4.39 Å². The molecule has 0 aliphatic heterocycles. The minimum absolute atomic E-state index is 0.168. The van der Waals surface area contributed by atoms with E-state index in [0.29, 0.717) is 5.56 Å². The highest BCUT2D eigenvalue weighted by Gasteiger charge is 2.04. The molecular formula is C8H5BrFNS. The molecule has 0 saturated carbocycles. The Morgan fingerprint density at radius 1 is 1.50 bits per heavy atom. The summed E-state index contributed by atoms with van der Waals surface area (Å²) in [5.74, 6) is -0.168. The number of aryl methyl sites for hydroxylation is 1. The van der Waals surface area contributed by atoms with Crippen LogP contribution in [-0.4, -0.2) is 4.98 Å². The number of rotatable bonds is 0. The monoisotopic (exact) mass is 245 g/mol. The summed E-state index contributed by atoms with van der Waals surface area (Å²) >= 11 is 4.70. The molecule has 0 atom stereocenters. The largest absolute Gasteiger partial charge is 0.229 e. The first kappa shape index (κ1) is 8.13. The van der Waals surface area contributed by atoms with Crippen LogP contribution in [0, 0.1) is 12.7 Å². The van der Waals surface area contributed by atoms with Gasteiger partial charge in [-0.15, -0.1) is 11.3 Å². The van der Waals surface area contributed by atoms with E-state index in [-0.39, 0.29) is 5.82 Å². The summed E-state index contributed by atoms with van der Waals surface area (Å²) in [5.41, 5.74) is 1.49. The SMILES string of the molecule is Cc1cc2nc(Br)sc2cc1F. The fraction of sp³-hybridized carbons (Fsp3) is 0.125. The van der Waals surface area contributed by atoms with Gasteiger partial charge in [0.15, 0.2) is 3.92 Å². The highest BCUT2D eigenvalue weighted by Crippen LogP contribution is 2.27. The first-order chi connectivity index (χ1) is 5.66. The van der Waals surface area contributed by atoms with E-state index in [4.69, 9.17) is 0 Å². The standard InChI is InChI=1S/C8H5BrFNS/c1-4-2-6-7(3-5(4)10)12-8(9)11-6/h2-3H,1H3. The van der Waals surface area contributed by atoms with Crippen molar-refractivity contribution in [2.75, 3.05) is 0 Å². The van der Waals surface area contributed by atoms with Crippen LogP contribution in [0.15, 0.2) is 16.0 Å². The third-order valence-electron chi connectivity index (χ3n) is 1.64. The fourth-order valence-electron chi connectivity index (χ4n) is 1.03. The Labute approximate surface area is 81.4 Å². The molecule has 0 aliphatic rings. The summed E-state index contributed by atoms with van der Waals surface area (Å²) in [6, 6.07) is 3.28. The minimum Gasteiger partial charge on any atom is -0.229 e. The van der Waals surface area contributed by atoms with Crippen molar-refractivity contribution >= 4 is 37.5 Å². The third-order valence-corrected chi connectivity index (χ3v) is 3.11. The summed E-state index contributed by atoms with van der Waals surface area (Å²) in [6.45, 7) is 1.74. The van der Waals surface area contributed by atoms with E-state index < -0.39 is 0 Å². The Hall–Kier alpha value is -0.480. The molecule has 1 heterocycles. The van der Waals surface area contributed by atoms with Crippen LogP contribution in [-0.2, 0) is 0 Å². The molecule has 0 fully saturated rings. The summed E-state index contributed by atoms with van der Waals surface area (Å²) < 4.78 is 14.7. The zero-order valence-electron chi connectivity index (χ0n) is 6.27. The third kappa shape index (κ3) is 1.25. The van der Waals surface area contributed by atoms with Crippen LogP contribution >= 0.6 is 27.3 Å². The van der Waals surface area contributed by atoms with Gasteiger partial charge in [0.2, 0.25) is 0 Å². The van der Waals surface area contributed by atoms with E-state index in [1.165, 1.54) is 17.4 Å². The number of benzene rings is 1. The van der Waals surface area contributed by atoms with Crippen LogP contribution < -0.4 is 0 Å². The second-order valence-corrected chi connectivity index (χ2v) is 4.84. The van der Waals surface area contributed by atoms with Gasteiger partial charge in [-0.1, -0.05) is 0 Å². The highest BCUT2D eigenvalue weighted by atomic mass is 79.9. The number of aromatic nitrogens is 1. The van der Waals surface area contributed by atoms with Crippen LogP contribution in [0.25, 0.3) is 10.2 Å². The van der Waals surface area contributed by atoms with Crippen LogP contribution in [0.1, 0.15) is 5.56 Å².